The Morgan fingerprint density at radius 1 is 1.00 bits per heavy atom. The van der Waals surface area contributed by atoms with E-state index in [1.165, 1.54) is 51.6 Å². The van der Waals surface area contributed by atoms with Crippen molar-refractivity contribution >= 4 is 0 Å². The Bertz CT molecular complexity index is 420. The Morgan fingerprint density at radius 3 is 2.33 bits per heavy atom. The molecule has 3 rings (SSSR count). The van der Waals surface area contributed by atoms with Crippen LogP contribution in [0.1, 0.15) is 56.9 Å². The van der Waals surface area contributed by atoms with Crippen molar-refractivity contribution in [3.05, 3.63) is 35.9 Å². The summed E-state index contributed by atoms with van der Waals surface area (Å²) in [4.78, 5) is 2.77. The average Bonchev–Trinajstić information content (AvgIpc) is 2.56. The van der Waals surface area contributed by atoms with Crippen LogP contribution < -0.4 is 5.73 Å². The quantitative estimate of drug-likeness (QED) is 0.916. The summed E-state index contributed by atoms with van der Waals surface area (Å²) in [6, 6.07) is 12.3. The molecule has 1 aliphatic heterocycles. The second-order valence-corrected chi connectivity index (χ2v) is 7.10. The average molecular weight is 286 g/mol. The number of nitrogens with zero attached hydrogens (tertiary/aromatic N) is 1. The van der Waals surface area contributed by atoms with Crippen LogP contribution in [0.15, 0.2) is 30.3 Å². The summed E-state index contributed by atoms with van der Waals surface area (Å²) < 4.78 is 0. The van der Waals surface area contributed by atoms with Gasteiger partial charge in [0.2, 0.25) is 0 Å². The van der Waals surface area contributed by atoms with Crippen molar-refractivity contribution in [3.8, 4) is 0 Å². The zero-order valence-corrected chi connectivity index (χ0v) is 13.4. The first-order chi connectivity index (χ1) is 10.3. The van der Waals surface area contributed by atoms with Gasteiger partial charge in [0, 0.05) is 12.1 Å². The van der Waals surface area contributed by atoms with Crippen LogP contribution in [0.2, 0.25) is 0 Å². The molecule has 3 unspecified atom stereocenters. The SMILES string of the molecule is CC(N)C1CCN(C2CCCCC2c2ccccc2)CC1. The van der Waals surface area contributed by atoms with Crippen LogP contribution in [0.5, 0.6) is 0 Å². The van der Waals surface area contributed by atoms with Gasteiger partial charge in [-0.05, 0) is 63.1 Å². The minimum atomic E-state index is 0.364. The maximum atomic E-state index is 6.09. The number of hydrogen-bond acceptors (Lipinski definition) is 2. The summed E-state index contributed by atoms with van der Waals surface area (Å²) in [5, 5.41) is 0. The van der Waals surface area contributed by atoms with E-state index in [1.54, 1.807) is 5.56 Å². The smallest absolute Gasteiger partial charge is 0.0164 e. The van der Waals surface area contributed by atoms with Gasteiger partial charge in [0.25, 0.3) is 0 Å². The third-order valence-electron chi connectivity index (χ3n) is 5.74. The van der Waals surface area contributed by atoms with E-state index in [1.807, 2.05) is 0 Å². The largest absolute Gasteiger partial charge is 0.328 e. The van der Waals surface area contributed by atoms with E-state index in [0.29, 0.717) is 6.04 Å². The Kier molecular flexibility index (Phi) is 4.97. The Balaban J connectivity index is 1.68. The first kappa shape index (κ1) is 15.1. The normalized spacial score (nSPS) is 30.2. The highest BCUT2D eigenvalue weighted by atomic mass is 15.2. The van der Waals surface area contributed by atoms with Crippen LogP contribution >= 0.6 is 0 Å². The number of piperidine rings is 1. The number of benzene rings is 1. The highest BCUT2D eigenvalue weighted by Crippen LogP contribution is 2.37. The number of likely N-dealkylation sites (tertiary alicyclic amines) is 1. The molecule has 21 heavy (non-hydrogen) atoms. The summed E-state index contributed by atoms with van der Waals surface area (Å²) in [5.41, 5.74) is 7.64. The molecule has 0 amide bonds. The van der Waals surface area contributed by atoms with Gasteiger partial charge >= 0.3 is 0 Å². The fourth-order valence-corrected chi connectivity index (χ4v) is 4.41. The minimum Gasteiger partial charge on any atom is -0.328 e. The van der Waals surface area contributed by atoms with Crippen LogP contribution in [0, 0.1) is 5.92 Å². The molecule has 0 bridgehead atoms. The lowest BCUT2D eigenvalue weighted by molar-refractivity contribution is 0.0873. The molecule has 1 heterocycles. The highest BCUT2D eigenvalue weighted by molar-refractivity contribution is 5.22. The second kappa shape index (κ2) is 6.93. The predicted octanol–water partition coefficient (Wildman–Crippen LogP) is 3.77. The number of hydrogen-bond donors (Lipinski definition) is 1. The van der Waals surface area contributed by atoms with Gasteiger partial charge in [-0.15, -0.1) is 0 Å². The summed E-state index contributed by atoms with van der Waals surface area (Å²) in [6.45, 7) is 4.67. The Hall–Kier alpha value is -0.860. The third kappa shape index (κ3) is 3.49. The van der Waals surface area contributed by atoms with Crippen molar-refractivity contribution in [1.82, 2.24) is 4.90 Å². The van der Waals surface area contributed by atoms with Gasteiger partial charge < -0.3 is 5.73 Å². The first-order valence-corrected chi connectivity index (χ1v) is 8.80. The van der Waals surface area contributed by atoms with E-state index in [4.69, 9.17) is 5.73 Å². The van der Waals surface area contributed by atoms with Crippen molar-refractivity contribution < 1.29 is 0 Å². The van der Waals surface area contributed by atoms with Crippen molar-refractivity contribution in [2.75, 3.05) is 13.1 Å². The van der Waals surface area contributed by atoms with Crippen LogP contribution in [-0.4, -0.2) is 30.1 Å². The van der Waals surface area contributed by atoms with E-state index in [2.05, 4.69) is 42.2 Å². The summed E-state index contributed by atoms with van der Waals surface area (Å²) in [7, 11) is 0. The van der Waals surface area contributed by atoms with E-state index >= 15 is 0 Å². The molecule has 1 aliphatic carbocycles. The number of nitrogens with two attached hydrogens (primary N) is 1. The fraction of sp³-hybridized carbons (Fsp3) is 0.684. The Morgan fingerprint density at radius 2 is 1.67 bits per heavy atom. The van der Waals surface area contributed by atoms with Crippen LogP contribution in [0.3, 0.4) is 0 Å². The van der Waals surface area contributed by atoms with Crippen molar-refractivity contribution in [2.45, 2.75) is 63.5 Å². The molecule has 0 radical (unpaired) electrons. The fourth-order valence-electron chi connectivity index (χ4n) is 4.41. The van der Waals surface area contributed by atoms with E-state index < -0.39 is 0 Å². The monoisotopic (exact) mass is 286 g/mol. The molecule has 1 saturated carbocycles. The minimum absolute atomic E-state index is 0.364. The van der Waals surface area contributed by atoms with Crippen LogP contribution in [-0.2, 0) is 0 Å². The topological polar surface area (TPSA) is 29.3 Å². The molecule has 116 valence electrons. The van der Waals surface area contributed by atoms with Gasteiger partial charge in [0.15, 0.2) is 0 Å². The van der Waals surface area contributed by atoms with Gasteiger partial charge in [-0.1, -0.05) is 43.2 Å². The molecular formula is C19H30N2. The van der Waals surface area contributed by atoms with Crippen molar-refractivity contribution in [2.24, 2.45) is 11.7 Å². The zero-order chi connectivity index (χ0) is 14.7. The lowest BCUT2D eigenvalue weighted by Crippen LogP contribution is -2.47. The van der Waals surface area contributed by atoms with Gasteiger partial charge in [0.1, 0.15) is 0 Å². The number of rotatable bonds is 3. The molecule has 2 nitrogen and oxygen atoms in total. The first-order valence-electron chi connectivity index (χ1n) is 8.80. The molecule has 1 aromatic rings. The van der Waals surface area contributed by atoms with Gasteiger partial charge in [-0.2, -0.15) is 0 Å². The van der Waals surface area contributed by atoms with E-state index in [0.717, 1.165) is 17.9 Å². The van der Waals surface area contributed by atoms with Gasteiger partial charge in [-0.3, -0.25) is 4.90 Å². The standard InChI is InChI=1S/C19H30N2/c1-15(20)16-11-13-21(14-12-16)19-10-6-5-9-18(19)17-7-3-2-4-8-17/h2-4,7-8,15-16,18-19H,5-6,9-14,20H2,1H3. The molecule has 0 spiro atoms. The summed E-state index contributed by atoms with van der Waals surface area (Å²) in [6.07, 6.45) is 8.11. The molecule has 3 atom stereocenters. The van der Waals surface area contributed by atoms with Gasteiger partial charge in [-0.25, -0.2) is 0 Å². The van der Waals surface area contributed by atoms with Crippen molar-refractivity contribution in [1.29, 1.82) is 0 Å². The molecular weight excluding hydrogens is 256 g/mol. The van der Waals surface area contributed by atoms with Crippen LogP contribution in [0.4, 0.5) is 0 Å². The van der Waals surface area contributed by atoms with Crippen molar-refractivity contribution in [3.63, 3.8) is 0 Å². The second-order valence-electron chi connectivity index (χ2n) is 7.10. The van der Waals surface area contributed by atoms with E-state index in [9.17, 15) is 0 Å². The lowest BCUT2D eigenvalue weighted by atomic mass is 9.78. The molecule has 1 saturated heterocycles. The maximum Gasteiger partial charge on any atom is 0.0164 e. The van der Waals surface area contributed by atoms with Gasteiger partial charge in [0.05, 0.1) is 0 Å². The molecule has 1 aromatic carbocycles. The van der Waals surface area contributed by atoms with Crippen LogP contribution in [0.25, 0.3) is 0 Å². The summed E-state index contributed by atoms with van der Waals surface area (Å²) >= 11 is 0. The highest BCUT2D eigenvalue weighted by Gasteiger charge is 2.33. The summed E-state index contributed by atoms with van der Waals surface area (Å²) in [5.74, 6) is 1.48. The molecule has 0 aromatic heterocycles. The molecule has 2 aliphatic rings. The lowest BCUT2D eigenvalue weighted by Gasteiger charge is -2.44. The predicted molar refractivity (Wildman–Crippen MR) is 89.4 cm³/mol. The molecule has 2 N–H and O–H groups in total. The third-order valence-corrected chi connectivity index (χ3v) is 5.74. The van der Waals surface area contributed by atoms with E-state index in [-0.39, 0.29) is 0 Å². The zero-order valence-electron chi connectivity index (χ0n) is 13.4. The maximum absolute atomic E-state index is 6.09. The Labute approximate surface area is 129 Å². The molecule has 2 heteroatoms. The molecule has 2 fully saturated rings.